The Morgan fingerprint density at radius 2 is 2.10 bits per heavy atom. The van der Waals surface area contributed by atoms with E-state index < -0.39 is 0 Å². The van der Waals surface area contributed by atoms with Gasteiger partial charge in [0.15, 0.2) is 0 Å². The third-order valence-corrected chi connectivity index (χ3v) is 4.60. The summed E-state index contributed by atoms with van der Waals surface area (Å²) in [7, 11) is 2.03. The Balaban J connectivity index is 2.19. The van der Waals surface area contributed by atoms with Gasteiger partial charge in [-0.2, -0.15) is 0 Å². The molecular weight excluding hydrogens is 262 g/mol. The highest BCUT2D eigenvalue weighted by atomic mass is 16.5. The first-order valence-corrected chi connectivity index (χ1v) is 8.61. The number of rotatable bonds is 8. The lowest BCUT2D eigenvalue weighted by Crippen LogP contribution is -2.40. The van der Waals surface area contributed by atoms with E-state index in [-0.39, 0.29) is 12.1 Å². The second-order valence-corrected chi connectivity index (χ2v) is 6.06. The fourth-order valence-electron chi connectivity index (χ4n) is 3.63. The molecule has 0 radical (unpaired) electrons. The number of hydrogen-bond acceptors (Lipinski definition) is 3. The molecule has 1 aromatic rings. The summed E-state index contributed by atoms with van der Waals surface area (Å²) in [4.78, 5) is 4.62. The summed E-state index contributed by atoms with van der Waals surface area (Å²) >= 11 is 0. The summed E-state index contributed by atoms with van der Waals surface area (Å²) in [5.74, 6) is 1.78. The zero-order valence-corrected chi connectivity index (χ0v) is 13.8. The second kappa shape index (κ2) is 8.54. The fraction of sp³-hybridized carbons (Fsp3) is 0.824. The van der Waals surface area contributed by atoms with Crippen molar-refractivity contribution in [2.45, 2.75) is 71.1 Å². The number of hydrogen-bond donors (Lipinski definition) is 1. The van der Waals surface area contributed by atoms with E-state index in [9.17, 15) is 0 Å². The van der Waals surface area contributed by atoms with Crippen molar-refractivity contribution in [1.82, 2.24) is 14.9 Å². The average molecular weight is 293 g/mol. The summed E-state index contributed by atoms with van der Waals surface area (Å²) in [5.41, 5.74) is 0. The van der Waals surface area contributed by atoms with E-state index in [0.717, 1.165) is 25.4 Å². The van der Waals surface area contributed by atoms with Crippen LogP contribution in [-0.4, -0.2) is 29.3 Å². The van der Waals surface area contributed by atoms with Crippen LogP contribution in [0.25, 0.3) is 0 Å². The van der Waals surface area contributed by atoms with Crippen LogP contribution in [0.5, 0.6) is 0 Å². The molecule has 1 heterocycles. The number of ether oxygens (including phenoxy) is 1. The Hall–Kier alpha value is -0.870. The molecule has 1 N–H and O–H groups in total. The third-order valence-electron chi connectivity index (χ3n) is 4.60. The Kier molecular flexibility index (Phi) is 6.71. The van der Waals surface area contributed by atoms with Gasteiger partial charge in [-0.3, -0.25) is 0 Å². The molecule has 4 nitrogen and oxygen atoms in total. The van der Waals surface area contributed by atoms with E-state index in [1.807, 2.05) is 13.2 Å². The maximum atomic E-state index is 6.18. The topological polar surface area (TPSA) is 39.1 Å². The normalized spacial score (nSPS) is 19.6. The molecule has 1 aromatic heterocycles. The van der Waals surface area contributed by atoms with Crippen molar-refractivity contribution in [2.24, 2.45) is 5.92 Å². The molecule has 0 aromatic carbocycles. The maximum Gasteiger partial charge on any atom is 0.128 e. The molecule has 0 aliphatic heterocycles. The highest BCUT2D eigenvalue weighted by molar-refractivity contribution is 5.04. The van der Waals surface area contributed by atoms with Crippen LogP contribution in [0.1, 0.15) is 64.2 Å². The first-order chi connectivity index (χ1) is 10.3. The SMILES string of the molecule is CCCn1ccnc1C(NC)C(OCC)C1CCCCC1. The predicted molar refractivity (Wildman–Crippen MR) is 86.3 cm³/mol. The van der Waals surface area contributed by atoms with Crippen LogP contribution in [0.3, 0.4) is 0 Å². The number of nitrogens with zero attached hydrogens (tertiary/aromatic N) is 2. The first-order valence-electron chi connectivity index (χ1n) is 8.61. The first kappa shape index (κ1) is 16.5. The average Bonchev–Trinajstić information content (AvgIpc) is 2.97. The zero-order chi connectivity index (χ0) is 15.1. The van der Waals surface area contributed by atoms with Gasteiger partial charge < -0.3 is 14.6 Å². The summed E-state index contributed by atoms with van der Waals surface area (Å²) < 4.78 is 8.45. The molecule has 0 bridgehead atoms. The summed E-state index contributed by atoms with van der Waals surface area (Å²) in [5, 5.41) is 3.48. The minimum absolute atomic E-state index is 0.189. The summed E-state index contributed by atoms with van der Waals surface area (Å²) in [6, 6.07) is 0.189. The Morgan fingerprint density at radius 1 is 1.33 bits per heavy atom. The lowest BCUT2D eigenvalue weighted by atomic mass is 9.82. The van der Waals surface area contributed by atoms with E-state index >= 15 is 0 Å². The van der Waals surface area contributed by atoms with Crippen LogP contribution < -0.4 is 5.32 Å². The maximum absolute atomic E-state index is 6.18. The number of imidazole rings is 1. The van der Waals surface area contributed by atoms with Crippen LogP contribution in [0, 0.1) is 5.92 Å². The minimum Gasteiger partial charge on any atom is -0.376 e. The van der Waals surface area contributed by atoms with Gasteiger partial charge in [-0.1, -0.05) is 26.2 Å². The molecule has 120 valence electrons. The fourth-order valence-corrected chi connectivity index (χ4v) is 3.63. The van der Waals surface area contributed by atoms with Crippen molar-refractivity contribution in [2.75, 3.05) is 13.7 Å². The number of aryl methyl sites for hydroxylation is 1. The molecule has 1 aliphatic rings. The lowest BCUT2D eigenvalue weighted by molar-refractivity contribution is -0.0193. The van der Waals surface area contributed by atoms with Crippen molar-refractivity contribution >= 4 is 0 Å². The standard InChI is InChI=1S/C17H31N3O/c1-4-12-20-13-11-19-17(20)15(18-3)16(21-5-2)14-9-7-6-8-10-14/h11,13-16,18H,4-10,12H2,1-3H3. The van der Waals surface area contributed by atoms with Gasteiger partial charge in [-0.15, -0.1) is 0 Å². The Bertz CT molecular complexity index is 398. The smallest absolute Gasteiger partial charge is 0.128 e. The molecule has 0 spiro atoms. The van der Waals surface area contributed by atoms with Gasteiger partial charge in [0, 0.05) is 25.5 Å². The van der Waals surface area contributed by atoms with Crippen LogP contribution in [-0.2, 0) is 11.3 Å². The lowest BCUT2D eigenvalue weighted by Gasteiger charge is -2.35. The van der Waals surface area contributed by atoms with E-state index in [1.165, 1.54) is 32.1 Å². The zero-order valence-electron chi connectivity index (χ0n) is 13.8. The van der Waals surface area contributed by atoms with Gasteiger partial charge in [0.05, 0.1) is 12.1 Å². The van der Waals surface area contributed by atoms with Gasteiger partial charge >= 0.3 is 0 Å². The molecule has 4 heteroatoms. The van der Waals surface area contributed by atoms with Crippen molar-refractivity contribution < 1.29 is 4.74 Å². The second-order valence-electron chi connectivity index (χ2n) is 6.06. The molecule has 0 amide bonds. The molecule has 0 saturated heterocycles. The van der Waals surface area contributed by atoms with Gasteiger partial charge in [-0.05, 0) is 39.2 Å². The van der Waals surface area contributed by atoms with E-state index in [4.69, 9.17) is 4.74 Å². The quantitative estimate of drug-likeness (QED) is 0.797. The summed E-state index contributed by atoms with van der Waals surface area (Å²) in [6.45, 7) is 6.10. The van der Waals surface area contributed by atoms with Crippen molar-refractivity contribution in [3.05, 3.63) is 18.2 Å². The van der Waals surface area contributed by atoms with Crippen molar-refractivity contribution in [1.29, 1.82) is 0 Å². The van der Waals surface area contributed by atoms with Gasteiger partial charge in [-0.25, -0.2) is 4.98 Å². The van der Waals surface area contributed by atoms with Crippen molar-refractivity contribution in [3.63, 3.8) is 0 Å². The van der Waals surface area contributed by atoms with E-state index in [1.54, 1.807) is 0 Å². The Morgan fingerprint density at radius 3 is 2.71 bits per heavy atom. The molecule has 2 atom stereocenters. The Labute approximate surface area is 129 Å². The van der Waals surface area contributed by atoms with Crippen LogP contribution in [0.2, 0.25) is 0 Å². The van der Waals surface area contributed by atoms with E-state index in [2.05, 4.69) is 34.9 Å². The highest BCUT2D eigenvalue weighted by Crippen LogP contribution is 2.34. The van der Waals surface area contributed by atoms with Crippen molar-refractivity contribution in [3.8, 4) is 0 Å². The molecule has 2 rings (SSSR count). The molecular formula is C17H31N3O. The number of likely N-dealkylation sites (N-methyl/N-ethyl adjacent to an activating group) is 1. The monoisotopic (exact) mass is 293 g/mol. The molecule has 1 fully saturated rings. The largest absolute Gasteiger partial charge is 0.376 e. The number of nitrogens with one attached hydrogen (secondary N) is 1. The third kappa shape index (κ3) is 4.07. The minimum atomic E-state index is 0.189. The van der Waals surface area contributed by atoms with Crippen LogP contribution in [0.15, 0.2) is 12.4 Å². The predicted octanol–water partition coefficient (Wildman–Crippen LogP) is 3.54. The van der Waals surface area contributed by atoms with Crippen LogP contribution >= 0.6 is 0 Å². The van der Waals surface area contributed by atoms with Crippen LogP contribution in [0.4, 0.5) is 0 Å². The molecule has 1 aliphatic carbocycles. The van der Waals surface area contributed by atoms with Gasteiger partial charge in [0.1, 0.15) is 5.82 Å². The van der Waals surface area contributed by atoms with E-state index in [0.29, 0.717) is 5.92 Å². The molecule has 1 saturated carbocycles. The molecule has 2 unspecified atom stereocenters. The summed E-state index contributed by atoms with van der Waals surface area (Å²) in [6.07, 6.45) is 12.0. The highest BCUT2D eigenvalue weighted by Gasteiger charge is 2.33. The van der Waals surface area contributed by atoms with Gasteiger partial charge in [0.2, 0.25) is 0 Å². The van der Waals surface area contributed by atoms with Gasteiger partial charge in [0.25, 0.3) is 0 Å². The molecule has 21 heavy (non-hydrogen) atoms. The number of aromatic nitrogens is 2.